The third-order valence-electron chi connectivity index (χ3n) is 6.33. The second kappa shape index (κ2) is 13.0. The monoisotopic (exact) mass is 557 g/mol. The topological polar surface area (TPSA) is 108 Å². The molecule has 4 N–H and O–H groups in total. The first-order valence-corrected chi connectivity index (χ1v) is 13.8. The smallest absolute Gasteiger partial charge is 0.221 e. The van der Waals surface area contributed by atoms with Crippen molar-refractivity contribution in [2.45, 2.75) is 55.7 Å². The molecule has 1 saturated heterocycles. The molecule has 1 heterocycles. The maximum atomic E-state index is 11.2. The van der Waals surface area contributed by atoms with Crippen molar-refractivity contribution in [3.05, 3.63) is 88.4 Å². The molecular weight excluding hydrogens is 526 g/mol. The molecule has 0 aromatic heterocycles. The van der Waals surface area contributed by atoms with Crippen LogP contribution in [0.15, 0.2) is 71.6 Å². The van der Waals surface area contributed by atoms with Gasteiger partial charge >= 0.3 is 0 Å². The molecule has 1 fully saturated rings. The lowest BCUT2D eigenvalue weighted by Gasteiger charge is -2.41. The number of ether oxygens (including phenoxy) is 2. The van der Waals surface area contributed by atoms with Gasteiger partial charge in [0, 0.05) is 28.3 Å². The van der Waals surface area contributed by atoms with Crippen LogP contribution in [0.3, 0.4) is 0 Å². The summed E-state index contributed by atoms with van der Waals surface area (Å²) >= 11 is 7.94. The van der Waals surface area contributed by atoms with E-state index in [1.54, 1.807) is 24.3 Å². The minimum absolute atomic E-state index is 0.146. The fourth-order valence-electron chi connectivity index (χ4n) is 4.38. The fourth-order valence-corrected chi connectivity index (χ4v) is 5.52. The number of carbonyl (C=O) groups is 1. The van der Waals surface area contributed by atoms with Gasteiger partial charge in [-0.25, -0.2) is 0 Å². The Morgan fingerprint density at radius 2 is 1.71 bits per heavy atom. The van der Waals surface area contributed by atoms with Crippen molar-refractivity contribution in [3.63, 3.8) is 0 Å². The molecule has 0 saturated carbocycles. The first kappa shape index (κ1) is 28.4. The molecule has 1 amide bonds. The molecule has 1 aliphatic rings. The molecule has 5 atom stereocenters. The van der Waals surface area contributed by atoms with Crippen LogP contribution >= 0.6 is 23.4 Å². The van der Waals surface area contributed by atoms with Crippen molar-refractivity contribution >= 4 is 35.0 Å². The normalized spacial score (nSPS) is 23.2. The van der Waals surface area contributed by atoms with Gasteiger partial charge in [-0.15, -0.1) is 11.8 Å². The van der Waals surface area contributed by atoms with Crippen LogP contribution in [0.2, 0.25) is 5.02 Å². The molecule has 0 unspecified atom stereocenters. The van der Waals surface area contributed by atoms with Gasteiger partial charge in [0.25, 0.3) is 0 Å². The number of hydrogen-bond donors (Lipinski definition) is 4. The molecule has 3 aromatic rings. The molecule has 1 aliphatic heterocycles. The average Bonchev–Trinajstić information content (AvgIpc) is 2.90. The summed E-state index contributed by atoms with van der Waals surface area (Å²) in [5.74, 6) is 1.01. The van der Waals surface area contributed by atoms with Crippen molar-refractivity contribution in [1.82, 2.24) is 0 Å². The van der Waals surface area contributed by atoms with Crippen LogP contribution in [-0.2, 0) is 16.0 Å². The van der Waals surface area contributed by atoms with Gasteiger partial charge in [0.05, 0.1) is 12.7 Å². The summed E-state index contributed by atoms with van der Waals surface area (Å²) in [6, 6.07) is 20.5. The highest BCUT2D eigenvalue weighted by Crippen LogP contribution is 2.36. The lowest BCUT2D eigenvalue weighted by Crippen LogP contribution is -2.54. The van der Waals surface area contributed by atoms with Gasteiger partial charge in [0.15, 0.2) is 0 Å². The molecule has 3 aromatic carbocycles. The molecule has 0 radical (unpaired) electrons. The second-order valence-electron chi connectivity index (χ2n) is 9.19. The van der Waals surface area contributed by atoms with E-state index in [9.17, 15) is 20.1 Å². The predicted molar refractivity (Wildman–Crippen MR) is 149 cm³/mol. The number of aliphatic hydroxyl groups excluding tert-OH is 3. The summed E-state index contributed by atoms with van der Waals surface area (Å²) in [5, 5.41) is 35.3. The van der Waals surface area contributed by atoms with E-state index in [0.717, 1.165) is 21.8 Å². The molecule has 0 bridgehead atoms. The zero-order valence-corrected chi connectivity index (χ0v) is 22.8. The summed E-state index contributed by atoms with van der Waals surface area (Å²) in [7, 11) is 0. The Bertz CT molecular complexity index is 1220. The Morgan fingerprint density at radius 1 is 1.00 bits per heavy atom. The van der Waals surface area contributed by atoms with Gasteiger partial charge < -0.3 is 30.1 Å². The van der Waals surface area contributed by atoms with E-state index < -0.39 is 30.5 Å². The van der Waals surface area contributed by atoms with Crippen molar-refractivity contribution in [1.29, 1.82) is 0 Å². The minimum Gasteiger partial charge on any atom is -0.494 e. The summed E-state index contributed by atoms with van der Waals surface area (Å²) in [5.41, 5.74) is 3.27. The molecule has 0 aliphatic carbocycles. The molecule has 7 nitrogen and oxygen atoms in total. The SMILES string of the molecule is CCOc1ccc(Cc2cc([C@@H]3O[C@H](CSc4ccc(NC(C)=O)cc4)[C@H](O)[C@@H](O)[C@H]3O)ccc2Cl)cc1. The van der Waals surface area contributed by atoms with Gasteiger partial charge in [-0.1, -0.05) is 35.9 Å². The number of thioether (sulfide) groups is 1. The van der Waals surface area contributed by atoms with E-state index in [1.165, 1.54) is 18.7 Å². The maximum Gasteiger partial charge on any atom is 0.221 e. The van der Waals surface area contributed by atoms with E-state index in [1.807, 2.05) is 49.4 Å². The number of nitrogens with one attached hydrogen (secondary N) is 1. The largest absolute Gasteiger partial charge is 0.494 e. The second-order valence-corrected chi connectivity index (χ2v) is 10.7. The fraction of sp³-hybridized carbons (Fsp3) is 0.345. The third kappa shape index (κ3) is 7.08. The standard InChI is InChI=1S/C29H32ClNO6S/c1-3-36-22-9-4-18(5-10-22)14-20-15-19(6-13-24(20)30)29-28(35)27(34)26(33)25(37-29)16-38-23-11-7-21(8-12-23)31-17(2)32/h4-13,15,25-29,33-35H,3,14,16H2,1-2H3,(H,31,32)/t25-,26+,27-,28-,29+/m1/s1. The van der Waals surface area contributed by atoms with E-state index in [2.05, 4.69) is 5.32 Å². The molecule has 202 valence electrons. The molecule has 38 heavy (non-hydrogen) atoms. The maximum absolute atomic E-state index is 11.2. The van der Waals surface area contributed by atoms with Crippen LogP contribution in [-0.4, -0.2) is 58.0 Å². The minimum atomic E-state index is -1.37. The van der Waals surface area contributed by atoms with Crippen LogP contribution in [0, 0.1) is 0 Å². The Hall–Kier alpha value is -2.59. The zero-order chi connectivity index (χ0) is 27.2. The quantitative estimate of drug-likeness (QED) is 0.285. The summed E-state index contributed by atoms with van der Waals surface area (Å²) in [4.78, 5) is 12.1. The van der Waals surface area contributed by atoms with Crippen LogP contribution in [0.1, 0.15) is 36.6 Å². The number of benzene rings is 3. The highest BCUT2D eigenvalue weighted by atomic mass is 35.5. The van der Waals surface area contributed by atoms with Crippen LogP contribution in [0.4, 0.5) is 5.69 Å². The Balaban J connectivity index is 1.46. The lowest BCUT2D eigenvalue weighted by atomic mass is 9.90. The predicted octanol–water partition coefficient (Wildman–Crippen LogP) is 4.60. The van der Waals surface area contributed by atoms with Crippen molar-refractivity contribution in [3.8, 4) is 5.75 Å². The van der Waals surface area contributed by atoms with Crippen molar-refractivity contribution in [2.24, 2.45) is 0 Å². The lowest BCUT2D eigenvalue weighted by molar-refractivity contribution is -0.218. The van der Waals surface area contributed by atoms with Gasteiger partial charge in [-0.05, 0) is 72.5 Å². The highest BCUT2D eigenvalue weighted by Gasteiger charge is 2.44. The van der Waals surface area contributed by atoms with Crippen LogP contribution in [0.25, 0.3) is 0 Å². The number of hydrogen-bond acceptors (Lipinski definition) is 7. The molecular formula is C29H32ClNO6S. The van der Waals surface area contributed by atoms with E-state index in [-0.39, 0.29) is 5.91 Å². The summed E-state index contributed by atoms with van der Waals surface area (Å²) in [6.07, 6.45) is -4.90. The number of amides is 1. The van der Waals surface area contributed by atoms with Gasteiger partial charge in [0.2, 0.25) is 5.91 Å². The zero-order valence-electron chi connectivity index (χ0n) is 21.2. The number of halogens is 1. The van der Waals surface area contributed by atoms with Gasteiger partial charge in [-0.2, -0.15) is 0 Å². The van der Waals surface area contributed by atoms with E-state index in [0.29, 0.717) is 35.1 Å². The number of anilines is 1. The third-order valence-corrected chi connectivity index (χ3v) is 7.80. The molecule has 0 spiro atoms. The first-order valence-electron chi connectivity index (χ1n) is 12.4. The first-order chi connectivity index (χ1) is 18.2. The number of aliphatic hydroxyl groups is 3. The average molecular weight is 558 g/mol. The van der Waals surface area contributed by atoms with Crippen LogP contribution < -0.4 is 10.1 Å². The van der Waals surface area contributed by atoms with Gasteiger partial charge in [0.1, 0.15) is 30.2 Å². The number of carbonyl (C=O) groups excluding carboxylic acids is 1. The van der Waals surface area contributed by atoms with E-state index >= 15 is 0 Å². The Labute approximate surface area is 231 Å². The Kier molecular flexibility index (Phi) is 9.70. The summed E-state index contributed by atoms with van der Waals surface area (Å²) < 4.78 is 11.7. The van der Waals surface area contributed by atoms with Crippen LogP contribution in [0.5, 0.6) is 5.75 Å². The van der Waals surface area contributed by atoms with Crippen molar-refractivity contribution < 1.29 is 29.6 Å². The van der Waals surface area contributed by atoms with Crippen molar-refractivity contribution in [2.75, 3.05) is 17.7 Å². The number of rotatable bonds is 9. The highest BCUT2D eigenvalue weighted by molar-refractivity contribution is 7.99. The molecule has 4 rings (SSSR count). The van der Waals surface area contributed by atoms with E-state index in [4.69, 9.17) is 21.1 Å². The molecule has 9 heteroatoms. The Morgan fingerprint density at radius 3 is 2.37 bits per heavy atom. The summed E-state index contributed by atoms with van der Waals surface area (Å²) in [6.45, 7) is 3.99. The van der Waals surface area contributed by atoms with Gasteiger partial charge in [-0.3, -0.25) is 4.79 Å².